The van der Waals surface area contributed by atoms with E-state index < -0.39 is 11.7 Å². The zero-order chi connectivity index (χ0) is 23.9. The number of fused-ring (bicyclic) bond motifs is 1. The second-order valence-electron chi connectivity index (χ2n) is 8.59. The zero-order valence-corrected chi connectivity index (χ0v) is 18.2. The molecular formula is C23H21F3N6O2. The van der Waals surface area contributed by atoms with E-state index in [0.717, 1.165) is 12.8 Å². The maximum Gasteiger partial charge on any atom is 0.419 e. The molecule has 4 heterocycles. The highest BCUT2D eigenvalue weighted by Crippen LogP contribution is 2.47. The Morgan fingerprint density at radius 3 is 2.53 bits per heavy atom. The summed E-state index contributed by atoms with van der Waals surface area (Å²) in [4.78, 5) is 35.8. The van der Waals surface area contributed by atoms with Gasteiger partial charge in [-0.2, -0.15) is 13.2 Å². The third-order valence-electron chi connectivity index (χ3n) is 6.18. The van der Waals surface area contributed by atoms with Gasteiger partial charge in [0.1, 0.15) is 12.3 Å². The lowest BCUT2D eigenvalue weighted by atomic mass is 10.0. The van der Waals surface area contributed by atoms with Crippen molar-refractivity contribution in [1.82, 2.24) is 29.8 Å². The summed E-state index contributed by atoms with van der Waals surface area (Å²) in [7, 11) is 0. The lowest BCUT2D eigenvalue weighted by Gasteiger charge is -2.35. The number of halogens is 3. The number of rotatable bonds is 5. The van der Waals surface area contributed by atoms with Gasteiger partial charge in [0.05, 0.1) is 17.2 Å². The lowest BCUT2D eigenvalue weighted by molar-refractivity contribution is -0.138. The Bertz CT molecular complexity index is 1190. The molecule has 34 heavy (non-hydrogen) atoms. The molecule has 0 aromatic carbocycles. The van der Waals surface area contributed by atoms with Gasteiger partial charge in [0.2, 0.25) is 0 Å². The van der Waals surface area contributed by atoms with Gasteiger partial charge in [-0.3, -0.25) is 4.79 Å². The van der Waals surface area contributed by atoms with Gasteiger partial charge in [0.15, 0.2) is 5.82 Å². The van der Waals surface area contributed by atoms with E-state index in [1.54, 1.807) is 35.5 Å². The number of likely N-dealkylation sites (tertiary alicyclic amines) is 1. The molecule has 3 atom stereocenters. The third kappa shape index (κ3) is 4.55. The zero-order valence-electron chi connectivity index (χ0n) is 18.2. The van der Waals surface area contributed by atoms with Crippen LogP contribution in [0.3, 0.4) is 0 Å². The number of carbonyl (C=O) groups is 1. The van der Waals surface area contributed by atoms with Crippen molar-refractivity contribution in [1.29, 1.82) is 0 Å². The maximum absolute atomic E-state index is 13.7. The molecule has 1 aliphatic carbocycles. The molecule has 11 heteroatoms. The summed E-state index contributed by atoms with van der Waals surface area (Å²) in [6.45, 7) is 2.45. The second kappa shape index (κ2) is 8.62. The smallest absolute Gasteiger partial charge is 0.419 e. The van der Waals surface area contributed by atoms with Crippen molar-refractivity contribution in [3.05, 3.63) is 59.9 Å². The highest BCUT2D eigenvalue weighted by molar-refractivity contribution is 5.98. The third-order valence-corrected chi connectivity index (χ3v) is 6.18. The van der Waals surface area contributed by atoms with Crippen LogP contribution in [0.2, 0.25) is 0 Å². The van der Waals surface area contributed by atoms with Crippen LogP contribution >= 0.6 is 0 Å². The highest BCUT2D eigenvalue weighted by atomic mass is 19.4. The van der Waals surface area contributed by atoms with E-state index in [4.69, 9.17) is 4.74 Å². The summed E-state index contributed by atoms with van der Waals surface area (Å²) >= 11 is 0. The van der Waals surface area contributed by atoms with Crippen LogP contribution in [0.15, 0.2) is 43.0 Å². The minimum atomic E-state index is -4.52. The van der Waals surface area contributed by atoms with Gasteiger partial charge in [-0.25, -0.2) is 24.9 Å². The Kier molecular flexibility index (Phi) is 5.62. The molecule has 0 bridgehead atoms. The first-order valence-corrected chi connectivity index (χ1v) is 10.9. The number of aryl methyl sites for hydroxylation is 1. The van der Waals surface area contributed by atoms with E-state index in [9.17, 15) is 18.0 Å². The van der Waals surface area contributed by atoms with Gasteiger partial charge < -0.3 is 9.64 Å². The molecule has 1 saturated heterocycles. The number of ether oxygens (including phenoxy) is 1. The standard InChI is InChI=1S/C23H21F3N6O2/c1-13-3-4-18(20-27-5-2-6-28-20)19(31-13)21(33)32-11-15-7-14(15)8-17(32)12-34-22-29-9-16(10-30-22)23(24,25)26/h2-6,9-10,14-15,17H,7-8,11-12H2,1H3/t14-,15+,17+/m1/s1. The first kappa shape index (κ1) is 22.2. The first-order chi connectivity index (χ1) is 16.3. The quantitative estimate of drug-likeness (QED) is 0.563. The van der Waals surface area contributed by atoms with Crippen LogP contribution in [0.4, 0.5) is 13.2 Å². The average Bonchev–Trinajstić information content (AvgIpc) is 3.60. The van der Waals surface area contributed by atoms with Crippen LogP contribution in [-0.2, 0) is 6.18 Å². The Morgan fingerprint density at radius 2 is 1.82 bits per heavy atom. The fourth-order valence-electron chi connectivity index (χ4n) is 4.29. The number of hydrogen-bond acceptors (Lipinski definition) is 7. The number of nitrogens with zero attached hydrogens (tertiary/aromatic N) is 6. The largest absolute Gasteiger partial charge is 0.461 e. The van der Waals surface area contributed by atoms with Crippen LogP contribution in [0, 0.1) is 18.8 Å². The normalized spacial score (nSPS) is 21.6. The summed E-state index contributed by atoms with van der Waals surface area (Å²) in [6, 6.07) is 4.84. The second-order valence-corrected chi connectivity index (χ2v) is 8.59. The van der Waals surface area contributed by atoms with Crippen LogP contribution in [0.1, 0.15) is 34.6 Å². The minimum Gasteiger partial charge on any atom is -0.461 e. The number of piperidine rings is 1. The number of pyridine rings is 1. The Labute approximate surface area is 193 Å². The summed E-state index contributed by atoms with van der Waals surface area (Å²) in [5.74, 6) is 1.10. The molecule has 1 saturated carbocycles. The van der Waals surface area contributed by atoms with Crippen molar-refractivity contribution in [3.8, 4) is 17.4 Å². The number of hydrogen-bond donors (Lipinski definition) is 0. The van der Waals surface area contributed by atoms with Gasteiger partial charge in [0, 0.05) is 37.0 Å². The van der Waals surface area contributed by atoms with Crippen molar-refractivity contribution in [2.24, 2.45) is 11.8 Å². The molecule has 0 spiro atoms. The SMILES string of the molecule is Cc1ccc(-c2ncccn2)c(C(=O)N2C[C@@H]3C[C@@H]3C[C@H]2COc2ncc(C(F)(F)F)cn2)n1. The van der Waals surface area contributed by atoms with Gasteiger partial charge in [-0.15, -0.1) is 0 Å². The van der Waals surface area contributed by atoms with Gasteiger partial charge >= 0.3 is 12.2 Å². The summed E-state index contributed by atoms with van der Waals surface area (Å²) < 4.78 is 43.9. The van der Waals surface area contributed by atoms with E-state index in [2.05, 4.69) is 24.9 Å². The van der Waals surface area contributed by atoms with Crippen molar-refractivity contribution >= 4 is 5.91 Å². The minimum absolute atomic E-state index is 0.0727. The summed E-state index contributed by atoms with van der Waals surface area (Å²) in [5, 5.41) is 0. The molecule has 176 valence electrons. The topological polar surface area (TPSA) is 94.0 Å². The number of amides is 1. The molecule has 0 radical (unpaired) electrons. The van der Waals surface area contributed by atoms with Gasteiger partial charge in [-0.1, -0.05) is 0 Å². The van der Waals surface area contributed by atoms with Gasteiger partial charge in [-0.05, 0) is 49.8 Å². The van der Waals surface area contributed by atoms with E-state index in [1.165, 1.54) is 0 Å². The molecule has 2 fully saturated rings. The molecule has 2 aliphatic rings. The van der Waals surface area contributed by atoms with Crippen LogP contribution in [-0.4, -0.2) is 54.9 Å². The first-order valence-electron chi connectivity index (χ1n) is 10.9. The summed E-state index contributed by atoms with van der Waals surface area (Å²) in [5.41, 5.74) is 0.549. The van der Waals surface area contributed by atoms with E-state index >= 15 is 0 Å². The molecule has 0 N–H and O–H groups in total. The van der Waals surface area contributed by atoms with E-state index in [0.29, 0.717) is 47.9 Å². The monoisotopic (exact) mass is 470 g/mol. The van der Waals surface area contributed by atoms with E-state index in [-0.39, 0.29) is 30.3 Å². The Balaban J connectivity index is 1.37. The van der Waals surface area contributed by atoms with Crippen LogP contribution in [0.5, 0.6) is 6.01 Å². The van der Waals surface area contributed by atoms with Crippen LogP contribution in [0.25, 0.3) is 11.4 Å². The summed E-state index contributed by atoms with van der Waals surface area (Å²) in [6.07, 6.45) is 1.83. The molecule has 3 aromatic rings. The van der Waals surface area contributed by atoms with Crippen molar-refractivity contribution < 1.29 is 22.7 Å². The number of alkyl halides is 3. The van der Waals surface area contributed by atoms with Gasteiger partial charge in [0.25, 0.3) is 5.91 Å². The lowest BCUT2D eigenvalue weighted by Crippen LogP contribution is -2.48. The molecule has 1 aliphatic heterocycles. The molecule has 0 unspecified atom stereocenters. The fraction of sp³-hybridized carbons (Fsp3) is 0.391. The predicted molar refractivity (Wildman–Crippen MR) is 114 cm³/mol. The predicted octanol–water partition coefficient (Wildman–Crippen LogP) is 3.59. The van der Waals surface area contributed by atoms with Crippen LogP contribution < -0.4 is 4.74 Å². The molecule has 3 aromatic heterocycles. The van der Waals surface area contributed by atoms with Crippen molar-refractivity contribution in [2.45, 2.75) is 32.0 Å². The number of carbonyl (C=O) groups excluding carboxylic acids is 1. The average molecular weight is 470 g/mol. The van der Waals surface area contributed by atoms with Crippen molar-refractivity contribution in [2.75, 3.05) is 13.2 Å². The van der Waals surface area contributed by atoms with Crippen molar-refractivity contribution in [3.63, 3.8) is 0 Å². The Hall–Kier alpha value is -3.63. The maximum atomic E-state index is 13.7. The molecule has 1 amide bonds. The molecule has 5 rings (SSSR count). The fourth-order valence-corrected chi connectivity index (χ4v) is 4.29. The molecule has 8 nitrogen and oxygen atoms in total. The number of aromatic nitrogens is 5. The Morgan fingerprint density at radius 1 is 1.09 bits per heavy atom. The molecular weight excluding hydrogens is 449 g/mol. The van der Waals surface area contributed by atoms with E-state index in [1.807, 2.05) is 6.92 Å². The highest BCUT2D eigenvalue weighted by Gasteiger charge is 2.48.